The number of hydrogen-bond acceptors (Lipinski definition) is 5. The van der Waals surface area contributed by atoms with Crippen LogP contribution < -0.4 is 5.32 Å². The van der Waals surface area contributed by atoms with E-state index in [1.165, 1.54) is 0 Å². The van der Waals surface area contributed by atoms with Crippen molar-refractivity contribution in [1.82, 2.24) is 10.5 Å². The number of carboxylic acids is 1. The zero-order chi connectivity index (χ0) is 16.2. The van der Waals surface area contributed by atoms with Crippen LogP contribution in [0, 0.1) is 0 Å². The van der Waals surface area contributed by atoms with Crippen molar-refractivity contribution < 1.29 is 24.0 Å². The number of benzene rings is 1. The Balaban J connectivity index is 1.60. The van der Waals surface area contributed by atoms with Crippen LogP contribution >= 0.6 is 0 Å². The summed E-state index contributed by atoms with van der Waals surface area (Å²) in [6.45, 7) is 1.24. The number of amides is 1. The lowest BCUT2D eigenvalue weighted by atomic mass is 10.1. The van der Waals surface area contributed by atoms with Crippen LogP contribution in [0.2, 0.25) is 0 Å². The summed E-state index contributed by atoms with van der Waals surface area (Å²) in [5, 5.41) is 15.3. The summed E-state index contributed by atoms with van der Waals surface area (Å²) < 4.78 is 10.5. The van der Waals surface area contributed by atoms with Gasteiger partial charge in [0.2, 0.25) is 0 Å². The van der Waals surface area contributed by atoms with Crippen LogP contribution in [0.4, 0.5) is 0 Å². The minimum atomic E-state index is -0.871. The summed E-state index contributed by atoms with van der Waals surface area (Å²) in [4.78, 5) is 22.8. The van der Waals surface area contributed by atoms with E-state index in [0.717, 1.165) is 11.1 Å². The molecule has 2 N–H and O–H groups in total. The van der Waals surface area contributed by atoms with Gasteiger partial charge in [0.05, 0.1) is 25.2 Å². The molecule has 0 spiro atoms. The Bertz CT molecular complexity index is 721. The Morgan fingerprint density at radius 3 is 2.70 bits per heavy atom. The van der Waals surface area contributed by atoms with Crippen LogP contribution in [-0.4, -0.2) is 28.7 Å². The van der Waals surface area contributed by atoms with E-state index >= 15 is 0 Å². The fourth-order valence-electron chi connectivity index (χ4n) is 2.42. The van der Waals surface area contributed by atoms with Crippen LogP contribution in [0.25, 0.3) is 0 Å². The molecular weight excluding hydrogens is 300 g/mol. The Morgan fingerprint density at radius 2 is 1.96 bits per heavy atom. The molecule has 0 fully saturated rings. The van der Waals surface area contributed by atoms with Crippen molar-refractivity contribution in [3.63, 3.8) is 0 Å². The van der Waals surface area contributed by atoms with Crippen LogP contribution in [0.15, 0.2) is 28.8 Å². The lowest BCUT2D eigenvalue weighted by Gasteiger charge is -2.10. The van der Waals surface area contributed by atoms with Crippen molar-refractivity contribution in [2.45, 2.75) is 26.0 Å². The molecule has 1 amide bonds. The Hall–Kier alpha value is -2.67. The van der Waals surface area contributed by atoms with E-state index in [1.807, 2.05) is 0 Å². The minimum Gasteiger partial charge on any atom is -0.481 e. The van der Waals surface area contributed by atoms with Crippen LogP contribution in [0.1, 0.15) is 32.9 Å². The second-order valence-electron chi connectivity index (χ2n) is 5.31. The molecule has 0 aliphatic carbocycles. The van der Waals surface area contributed by atoms with Crippen LogP contribution in [0.3, 0.4) is 0 Å². The van der Waals surface area contributed by atoms with E-state index in [2.05, 4.69) is 10.5 Å². The number of carboxylic acid groups (broad SMARTS) is 1. The fraction of sp³-hybridized carbons (Fsp3) is 0.312. The SMILES string of the molecule is O=C(O)Cc1ccc(CNC(=O)c2noc3c2COCC3)cc1. The maximum Gasteiger partial charge on any atom is 0.307 e. The Labute approximate surface area is 132 Å². The zero-order valence-electron chi connectivity index (χ0n) is 12.4. The quantitative estimate of drug-likeness (QED) is 0.862. The van der Waals surface area contributed by atoms with Crippen molar-refractivity contribution >= 4 is 11.9 Å². The Kier molecular flexibility index (Phi) is 4.38. The highest BCUT2D eigenvalue weighted by atomic mass is 16.5. The predicted molar refractivity (Wildman–Crippen MR) is 78.8 cm³/mol. The third-order valence-electron chi connectivity index (χ3n) is 3.64. The predicted octanol–water partition coefficient (Wildman–Crippen LogP) is 1.30. The molecule has 0 bridgehead atoms. The average Bonchev–Trinajstić information content (AvgIpc) is 2.97. The lowest BCUT2D eigenvalue weighted by molar-refractivity contribution is -0.136. The molecule has 0 saturated heterocycles. The number of ether oxygens (including phenoxy) is 1. The van der Waals surface area contributed by atoms with E-state index in [1.54, 1.807) is 24.3 Å². The first kappa shape index (κ1) is 15.2. The van der Waals surface area contributed by atoms with Crippen LogP contribution in [-0.2, 0) is 35.5 Å². The average molecular weight is 316 g/mol. The van der Waals surface area contributed by atoms with Crippen molar-refractivity contribution in [3.8, 4) is 0 Å². The van der Waals surface area contributed by atoms with Gasteiger partial charge in [-0.2, -0.15) is 0 Å². The highest BCUT2D eigenvalue weighted by Gasteiger charge is 2.24. The number of hydrogen-bond donors (Lipinski definition) is 2. The molecule has 2 aromatic rings. The largest absolute Gasteiger partial charge is 0.481 e. The molecule has 0 unspecified atom stereocenters. The van der Waals surface area contributed by atoms with Gasteiger partial charge in [0.1, 0.15) is 5.76 Å². The summed E-state index contributed by atoms with van der Waals surface area (Å²) >= 11 is 0. The number of nitrogens with zero attached hydrogens (tertiary/aromatic N) is 1. The molecule has 1 aromatic carbocycles. The number of nitrogens with one attached hydrogen (secondary N) is 1. The number of aliphatic carboxylic acids is 1. The van der Waals surface area contributed by atoms with Gasteiger partial charge in [-0.15, -0.1) is 0 Å². The molecule has 1 aromatic heterocycles. The summed E-state index contributed by atoms with van der Waals surface area (Å²) in [6, 6.07) is 7.06. The molecule has 3 rings (SSSR count). The molecule has 23 heavy (non-hydrogen) atoms. The maximum absolute atomic E-state index is 12.2. The van der Waals surface area contributed by atoms with Gasteiger partial charge in [-0.25, -0.2) is 0 Å². The molecule has 7 heteroatoms. The van der Waals surface area contributed by atoms with E-state index in [4.69, 9.17) is 14.4 Å². The fourth-order valence-corrected chi connectivity index (χ4v) is 2.42. The molecule has 2 heterocycles. The van der Waals surface area contributed by atoms with Crippen LogP contribution in [0.5, 0.6) is 0 Å². The normalized spacial score (nSPS) is 13.4. The van der Waals surface area contributed by atoms with Crippen molar-refractivity contribution in [2.75, 3.05) is 6.61 Å². The molecule has 0 atom stereocenters. The van der Waals surface area contributed by atoms with Gasteiger partial charge in [-0.3, -0.25) is 9.59 Å². The molecule has 0 saturated carbocycles. The van der Waals surface area contributed by atoms with E-state index < -0.39 is 5.97 Å². The van der Waals surface area contributed by atoms with Crippen molar-refractivity contribution in [3.05, 3.63) is 52.4 Å². The number of rotatable bonds is 5. The summed E-state index contributed by atoms with van der Waals surface area (Å²) in [5.74, 6) is -0.474. The van der Waals surface area contributed by atoms with E-state index in [0.29, 0.717) is 37.5 Å². The minimum absolute atomic E-state index is 0.0162. The monoisotopic (exact) mass is 316 g/mol. The second-order valence-corrected chi connectivity index (χ2v) is 5.31. The van der Waals surface area contributed by atoms with Gasteiger partial charge in [0.15, 0.2) is 5.69 Å². The molecular formula is C16H16N2O5. The smallest absolute Gasteiger partial charge is 0.307 e. The third-order valence-corrected chi connectivity index (χ3v) is 3.64. The van der Waals surface area contributed by atoms with Gasteiger partial charge >= 0.3 is 5.97 Å². The molecule has 120 valence electrons. The third kappa shape index (κ3) is 3.57. The first-order chi connectivity index (χ1) is 11.1. The standard InChI is InChI=1S/C16H16N2O5/c19-14(20)7-10-1-3-11(4-2-10)8-17-16(21)15-12-9-22-6-5-13(12)23-18-15/h1-4H,5-9H2,(H,17,21)(H,19,20). The molecule has 1 aliphatic rings. The number of fused-ring (bicyclic) bond motifs is 1. The van der Waals surface area contributed by atoms with Gasteiger partial charge in [-0.1, -0.05) is 29.4 Å². The number of aromatic nitrogens is 1. The van der Waals surface area contributed by atoms with Crippen molar-refractivity contribution in [2.24, 2.45) is 0 Å². The molecule has 7 nitrogen and oxygen atoms in total. The highest BCUT2D eigenvalue weighted by Crippen LogP contribution is 2.20. The first-order valence-corrected chi connectivity index (χ1v) is 7.26. The summed E-state index contributed by atoms with van der Waals surface area (Å²) in [7, 11) is 0. The second kappa shape index (κ2) is 6.62. The van der Waals surface area contributed by atoms with E-state index in [-0.39, 0.29) is 18.0 Å². The maximum atomic E-state index is 12.2. The Morgan fingerprint density at radius 1 is 1.22 bits per heavy atom. The van der Waals surface area contributed by atoms with Gasteiger partial charge < -0.3 is 19.7 Å². The zero-order valence-corrected chi connectivity index (χ0v) is 12.4. The van der Waals surface area contributed by atoms with Gasteiger partial charge in [0.25, 0.3) is 5.91 Å². The number of carbonyl (C=O) groups is 2. The molecule has 1 aliphatic heterocycles. The number of carbonyl (C=O) groups excluding carboxylic acids is 1. The van der Waals surface area contributed by atoms with E-state index in [9.17, 15) is 9.59 Å². The van der Waals surface area contributed by atoms with Gasteiger partial charge in [-0.05, 0) is 11.1 Å². The summed E-state index contributed by atoms with van der Waals surface area (Å²) in [6.07, 6.45) is 0.609. The van der Waals surface area contributed by atoms with Crippen molar-refractivity contribution in [1.29, 1.82) is 0 Å². The lowest BCUT2D eigenvalue weighted by Crippen LogP contribution is -2.25. The van der Waals surface area contributed by atoms with Gasteiger partial charge in [0, 0.05) is 13.0 Å². The highest BCUT2D eigenvalue weighted by molar-refractivity contribution is 5.93. The summed E-state index contributed by atoms with van der Waals surface area (Å²) in [5.41, 5.74) is 2.57. The first-order valence-electron chi connectivity index (χ1n) is 7.26. The topological polar surface area (TPSA) is 102 Å². The molecule has 0 radical (unpaired) electrons.